The van der Waals surface area contributed by atoms with Crippen LogP contribution in [0.2, 0.25) is 0 Å². The maximum Gasteiger partial charge on any atom is 0.0967 e. The number of hydrogen-bond donors (Lipinski definition) is 1. The molecular formula is C13H16O. The van der Waals surface area contributed by atoms with Crippen molar-refractivity contribution in [1.82, 2.24) is 0 Å². The first kappa shape index (κ1) is 8.49. The summed E-state index contributed by atoms with van der Waals surface area (Å²) in [5.41, 5.74) is 2.14. The molecule has 3 rings (SSSR count). The Labute approximate surface area is 84.8 Å². The maximum atomic E-state index is 10.6. The second-order valence-corrected chi connectivity index (χ2v) is 4.66. The van der Waals surface area contributed by atoms with Crippen LogP contribution in [0.25, 0.3) is 0 Å². The topological polar surface area (TPSA) is 20.2 Å². The second-order valence-electron chi connectivity index (χ2n) is 4.66. The minimum atomic E-state index is -0.465. The zero-order valence-electron chi connectivity index (χ0n) is 8.37. The summed E-state index contributed by atoms with van der Waals surface area (Å²) in [6.45, 7) is 0. The highest BCUT2D eigenvalue weighted by Gasteiger charge is 2.49. The van der Waals surface area contributed by atoms with Crippen LogP contribution in [0.5, 0.6) is 0 Å². The molecule has 0 spiro atoms. The van der Waals surface area contributed by atoms with Gasteiger partial charge in [0.2, 0.25) is 0 Å². The van der Waals surface area contributed by atoms with Crippen LogP contribution in [0.1, 0.15) is 49.1 Å². The fourth-order valence-corrected chi connectivity index (χ4v) is 3.19. The highest BCUT2D eigenvalue weighted by Crippen LogP contribution is 2.56. The molecule has 0 aromatic heterocycles. The van der Waals surface area contributed by atoms with E-state index in [1.165, 1.54) is 36.8 Å². The summed E-state index contributed by atoms with van der Waals surface area (Å²) < 4.78 is 0. The summed E-state index contributed by atoms with van der Waals surface area (Å²) in [5.74, 6) is 0.432. The molecule has 1 nitrogen and oxygen atoms in total. The molecule has 74 valence electrons. The van der Waals surface area contributed by atoms with E-state index in [9.17, 15) is 5.11 Å². The number of aliphatic hydroxyl groups is 1. The molecule has 1 fully saturated rings. The van der Waals surface area contributed by atoms with Gasteiger partial charge in [-0.05, 0) is 24.0 Å². The number of fused-ring (bicyclic) bond motifs is 4. The van der Waals surface area contributed by atoms with Gasteiger partial charge in [0.1, 0.15) is 0 Å². The third kappa shape index (κ3) is 0.936. The molecule has 0 unspecified atom stereocenters. The van der Waals surface area contributed by atoms with Gasteiger partial charge in [-0.15, -0.1) is 0 Å². The van der Waals surface area contributed by atoms with Crippen molar-refractivity contribution in [3.8, 4) is 0 Å². The Kier molecular flexibility index (Phi) is 1.72. The van der Waals surface area contributed by atoms with Crippen LogP contribution in [0.4, 0.5) is 0 Å². The number of rotatable bonds is 0. The van der Waals surface area contributed by atoms with Gasteiger partial charge in [-0.3, -0.25) is 0 Å². The van der Waals surface area contributed by atoms with Gasteiger partial charge in [0, 0.05) is 5.92 Å². The van der Waals surface area contributed by atoms with E-state index in [2.05, 4.69) is 18.2 Å². The van der Waals surface area contributed by atoms with Crippen LogP contribution in [-0.4, -0.2) is 5.11 Å². The van der Waals surface area contributed by atoms with E-state index in [4.69, 9.17) is 0 Å². The van der Waals surface area contributed by atoms with E-state index in [0.717, 1.165) is 6.42 Å². The standard InChI is InChI=1S/C13H16O/c14-13-9-5-1-2-7-11(13)10-6-3-4-8-12(10)13/h3-4,6,8,11,14H,1-2,5,7,9H2/t11-,13-/m1/s1. The van der Waals surface area contributed by atoms with Gasteiger partial charge in [-0.2, -0.15) is 0 Å². The highest BCUT2D eigenvalue weighted by molar-refractivity contribution is 5.47. The summed E-state index contributed by atoms with van der Waals surface area (Å²) in [6.07, 6.45) is 5.89. The molecule has 0 aliphatic heterocycles. The Morgan fingerprint density at radius 3 is 2.93 bits per heavy atom. The first-order valence-corrected chi connectivity index (χ1v) is 5.64. The van der Waals surface area contributed by atoms with Gasteiger partial charge in [0.25, 0.3) is 0 Å². The van der Waals surface area contributed by atoms with E-state index in [-0.39, 0.29) is 0 Å². The van der Waals surface area contributed by atoms with E-state index >= 15 is 0 Å². The lowest BCUT2D eigenvalue weighted by Crippen LogP contribution is -2.42. The van der Waals surface area contributed by atoms with Crippen molar-refractivity contribution in [2.45, 2.75) is 43.6 Å². The number of benzene rings is 1. The Bertz CT molecular complexity index is 358. The molecule has 0 saturated heterocycles. The lowest BCUT2D eigenvalue weighted by molar-refractivity contribution is -0.0270. The van der Waals surface area contributed by atoms with Crippen molar-refractivity contribution in [3.63, 3.8) is 0 Å². The molecule has 0 heterocycles. The van der Waals surface area contributed by atoms with Crippen molar-refractivity contribution in [2.24, 2.45) is 0 Å². The van der Waals surface area contributed by atoms with E-state index in [0.29, 0.717) is 5.92 Å². The van der Waals surface area contributed by atoms with Crippen molar-refractivity contribution in [1.29, 1.82) is 0 Å². The Morgan fingerprint density at radius 2 is 2.00 bits per heavy atom. The van der Waals surface area contributed by atoms with Crippen molar-refractivity contribution >= 4 is 0 Å². The SMILES string of the molecule is O[C@]12CCCCC[C@@H]1c1ccccc12. The molecule has 1 aromatic rings. The van der Waals surface area contributed by atoms with Crippen LogP contribution < -0.4 is 0 Å². The first-order chi connectivity index (χ1) is 6.82. The molecular weight excluding hydrogens is 172 g/mol. The van der Waals surface area contributed by atoms with Gasteiger partial charge in [-0.25, -0.2) is 0 Å². The summed E-state index contributed by atoms with van der Waals surface area (Å²) in [4.78, 5) is 0. The summed E-state index contributed by atoms with van der Waals surface area (Å²) in [6, 6.07) is 8.40. The van der Waals surface area contributed by atoms with E-state index < -0.39 is 5.60 Å². The third-order valence-electron chi connectivity index (χ3n) is 3.93. The lowest BCUT2D eigenvalue weighted by Gasteiger charge is -2.47. The Hall–Kier alpha value is -0.820. The molecule has 14 heavy (non-hydrogen) atoms. The minimum absolute atomic E-state index is 0.432. The fraction of sp³-hybridized carbons (Fsp3) is 0.538. The monoisotopic (exact) mass is 188 g/mol. The largest absolute Gasteiger partial charge is 0.385 e. The first-order valence-electron chi connectivity index (χ1n) is 5.64. The van der Waals surface area contributed by atoms with Crippen molar-refractivity contribution in [2.75, 3.05) is 0 Å². The van der Waals surface area contributed by atoms with Crippen molar-refractivity contribution < 1.29 is 5.11 Å². The smallest absolute Gasteiger partial charge is 0.0967 e. The molecule has 2 atom stereocenters. The number of hydrogen-bond acceptors (Lipinski definition) is 1. The molecule has 1 saturated carbocycles. The quantitative estimate of drug-likeness (QED) is 0.663. The molecule has 1 N–H and O–H groups in total. The Morgan fingerprint density at radius 1 is 1.14 bits per heavy atom. The predicted molar refractivity (Wildman–Crippen MR) is 56.2 cm³/mol. The van der Waals surface area contributed by atoms with Gasteiger partial charge in [0.05, 0.1) is 5.60 Å². The van der Waals surface area contributed by atoms with Crippen LogP contribution in [-0.2, 0) is 5.60 Å². The molecule has 1 heteroatoms. The van der Waals surface area contributed by atoms with Gasteiger partial charge in [-0.1, -0.05) is 43.5 Å². The average Bonchev–Trinajstić information content (AvgIpc) is 2.37. The van der Waals surface area contributed by atoms with Gasteiger partial charge >= 0.3 is 0 Å². The normalized spacial score (nSPS) is 35.1. The van der Waals surface area contributed by atoms with Gasteiger partial charge < -0.3 is 5.11 Å². The van der Waals surface area contributed by atoms with Gasteiger partial charge in [0.15, 0.2) is 0 Å². The molecule has 0 amide bonds. The summed E-state index contributed by atoms with van der Waals surface area (Å²) in [7, 11) is 0. The molecule has 1 aromatic carbocycles. The molecule has 2 aliphatic carbocycles. The van der Waals surface area contributed by atoms with E-state index in [1.54, 1.807) is 0 Å². The Balaban J connectivity index is 2.06. The summed E-state index contributed by atoms with van der Waals surface area (Å²) in [5, 5.41) is 10.6. The van der Waals surface area contributed by atoms with Crippen LogP contribution in [0, 0.1) is 0 Å². The fourth-order valence-electron chi connectivity index (χ4n) is 3.19. The van der Waals surface area contributed by atoms with Crippen LogP contribution >= 0.6 is 0 Å². The molecule has 0 radical (unpaired) electrons. The third-order valence-corrected chi connectivity index (χ3v) is 3.93. The zero-order valence-corrected chi connectivity index (χ0v) is 8.37. The molecule has 2 aliphatic rings. The highest BCUT2D eigenvalue weighted by atomic mass is 16.3. The van der Waals surface area contributed by atoms with Crippen molar-refractivity contribution in [3.05, 3.63) is 35.4 Å². The minimum Gasteiger partial charge on any atom is -0.385 e. The zero-order chi connectivity index (χ0) is 9.60. The van der Waals surface area contributed by atoms with E-state index in [1.807, 2.05) is 6.07 Å². The van der Waals surface area contributed by atoms with Crippen LogP contribution in [0.3, 0.4) is 0 Å². The maximum absolute atomic E-state index is 10.6. The average molecular weight is 188 g/mol. The second kappa shape index (κ2) is 2.83. The predicted octanol–water partition coefficient (Wildman–Crippen LogP) is 2.94. The molecule has 0 bridgehead atoms. The summed E-state index contributed by atoms with van der Waals surface area (Å²) >= 11 is 0. The van der Waals surface area contributed by atoms with Crippen LogP contribution in [0.15, 0.2) is 24.3 Å². The lowest BCUT2D eigenvalue weighted by atomic mass is 9.62.